The van der Waals surface area contributed by atoms with Crippen molar-refractivity contribution < 1.29 is 19.4 Å². The minimum absolute atomic E-state index is 0.0163. The van der Waals surface area contributed by atoms with Gasteiger partial charge in [-0.3, -0.25) is 4.79 Å². The number of nitrogens with zero attached hydrogens (tertiary/aromatic N) is 3. The number of carbonyl (C=O) groups excluding carboxylic acids is 1. The van der Waals surface area contributed by atoms with Gasteiger partial charge in [0, 0.05) is 32.5 Å². The van der Waals surface area contributed by atoms with Crippen molar-refractivity contribution in [2.75, 3.05) is 37.7 Å². The predicted molar refractivity (Wildman–Crippen MR) is 121 cm³/mol. The number of aliphatic hydroxyl groups excluding tert-OH is 1. The lowest BCUT2D eigenvalue weighted by Crippen LogP contribution is -2.39. The van der Waals surface area contributed by atoms with E-state index in [9.17, 15) is 9.90 Å². The van der Waals surface area contributed by atoms with Gasteiger partial charge in [0.2, 0.25) is 0 Å². The van der Waals surface area contributed by atoms with Gasteiger partial charge in [-0.25, -0.2) is 4.98 Å². The lowest BCUT2D eigenvalue weighted by Gasteiger charge is -2.34. The van der Waals surface area contributed by atoms with E-state index in [4.69, 9.17) is 14.5 Å². The van der Waals surface area contributed by atoms with Crippen molar-refractivity contribution in [3.05, 3.63) is 51.7 Å². The minimum atomic E-state index is -0.0316. The number of ether oxygens (including phenoxy) is 2. The van der Waals surface area contributed by atoms with Crippen molar-refractivity contribution in [1.82, 2.24) is 9.88 Å². The van der Waals surface area contributed by atoms with E-state index in [1.807, 2.05) is 6.92 Å². The lowest BCUT2D eigenvalue weighted by molar-refractivity contribution is 0.0744. The Hall–Kier alpha value is -2.64. The van der Waals surface area contributed by atoms with Crippen LogP contribution in [-0.4, -0.2) is 59.8 Å². The minimum Gasteiger partial charge on any atom is -0.490 e. The van der Waals surface area contributed by atoms with Gasteiger partial charge in [0.15, 0.2) is 0 Å². The second-order valence-corrected chi connectivity index (χ2v) is 8.99. The fraction of sp³-hybridized carbons (Fsp3) is 0.520. The van der Waals surface area contributed by atoms with E-state index < -0.39 is 0 Å². The monoisotopic (exact) mass is 437 g/mol. The zero-order chi connectivity index (χ0) is 22.2. The van der Waals surface area contributed by atoms with E-state index in [1.54, 1.807) is 4.90 Å². The molecule has 1 saturated heterocycles. The average Bonchev–Trinajstić information content (AvgIpc) is 3.12. The van der Waals surface area contributed by atoms with Crippen LogP contribution in [0.3, 0.4) is 0 Å². The van der Waals surface area contributed by atoms with Crippen molar-refractivity contribution >= 4 is 11.7 Å². The molecule has 0 radical (unpaired) electrons. The number of anilines is 1. The van der Waals surface area contributed by atoms with E-state index in [1.165, 1.54) is 11.1 Å². The number of piperidine rings is 1. The Morgan fingerprint density at radius 3 is 2.78 bits per heavy atom. The molecule has 0 spiro atoms. The molecule has 3 aliphatic heterocycles. The van der Waals surface area contributed by atoms with E-state index in [2.05, 4.69) is 30.0 Å². The van der Waals surface area contributed by atoms with Crippen LogP contribution in [0.2, 0.25) is 0 Å². The predicted octanol–water partition coefficient (Wildman–Crippen LogP) is 2.77. The first-order chi connectivity index (χ1) is 15.5. The third-order valence-corrected chi connectivity index (χ3v) is 7.01. The highest BCUT2D eigenvalue weighted by atomic mass is 16.5. The zero-order valence-electron chi connectivity index (χ0n) is 18.9. The van der Waals surface area contributed by atoms with Crippen LogP contribution < -0.4 is 9.64 Å². The van der Waals surface area contributed by atoms with Gasteiger partial charge in [0.05, 0.1) is 37.6 Å². The van der Waals surface area contributed by atoms with Crippen LogP contribution in [0.25, 0.3) is 0 Å². The van der Waals surface area contributed by atoms with Crippen LogP contribution in [0.5, 0.6) is 5.75 Å². The molecule has 7 nitrogen and oxygen atoms in total. The molecule has 3 aliphatic rings. The van der Waals surface area contributed by atoms with E-state index in [-0.39, 0.29) is 18.6 Å². The normalized spacial score (nSPS) is 18.7. The summed E-state index contributed by atoms with van der Waals surface area (Å²) in [6, 6.07) is 6.36. The summed E-state index contributed by atoms with van der Waals surface area (Å²) in [7, 11) is 0. The Morgan fingerprint density at radius 2 is 2.00 bits per heavy atom. The Balaban J connectivity index is 1.26. The maximum atomic E-state index is 12.7. The summed E-state index contributed by atoms with van der Waals surface area (Å²) < 4.78 is 11.9. The molecule has 5 rings (SSSR count). The van der Waals surface area contributed by atoms with E-state index in [0.29, 0.717) is 19.7 Å². The number of hydrogen-bond acceptors (Lipinski definition) is 6. The van der Waals surface area contributed by atoms with Gasteiger partial charge in [-0.15, -0.1) is 0 Å². The first kappa shape index (κ1) is 21.2. The number of pyridine rings is 1. The molecule has 7 heteroatoms. The number of hydrogen-bond donors (Lipinski definition) is 1. The summed E-state index contributed by atoms with van der Waals surface area (Å²) in [4.78, 5) is 21.6. The summed E-state index contributed by atoms with van der Waals surface area (Å²) in [5.74, 6) is 1.92. The standard InChI is InChI=1S/C25H31N3O4/c1-16-17(2)24(26-22-14-28(10-11-29)25(30)23(16)22)27-8-5-20(6-9-27)32-21-4-3-19-15-31-12-7-18(19)13-21/h3-4,13,20,29H,5-12,14-15H2,1-2H3. The van der Waals surface area contributed by atoms with Crippen molar-refractivity contribution in [2.45, 2.75) is 52.4 Å². The van der Waals surface area contributed by atoms with Gasteiger partial charge in [0.1, 0.15) is 17.7 Å². The van der Waals surface area contributed by atoms with Crippen LogP contribution in [0.4, 0.5) is 5.82 Å². The van der Waals surface area contributed by atoms with Crippen molar-refractivity contribution in [1.29, 1.82) is 0 Å². The Bertz CT molecular complexity index is 1030. The van der Waals surface area contributed by atoms with Crippen molar-refractivity contribution in [3.63, 3.8) is 0 Å². The summed E-state index contributed by atoms with van der Waals surface area (Å²) >= 11 is 0. The molecule has 0 atom stereocenters. The second-order valence-electron chi connectivity index (χ2n) is 8.99. The van der Waals surface area contributed by atoms with Crippen molar-refractivity contribution in [3.8, 4) is 5.75 Å². The van der Waals surface area contributed by atoms with Crippen LogP contribution in [0.15, 0.2) is 18.2 Å². The summed E-state index contributed by atoms with van der Waals surface area (Å²) in [6.45, 7) is 8.10. The number of β-amino-alcohol motifs (C(OH)–C–C–N with tert-alkyl or cyclic N) is 1. The molecule has 0 unspecified atom stereocenters. The first-order valence-electron chi connectivity index (χ1n) is 11.6. The lowest BCUT2D eigenvalue weighted by atomic mass is 10.0. The molecule has 4 heterocycles. The number of aliphatic hydroxyl groups is 1. The molecule has 170 valence electrons. The molecule has 0 aliphatic carbocycles. The average molecular weight is 438 g/mol. The van der Waals surface area contributed by atoms with Gasteiger partial charge in [0.25, 0.3) is 5.91 Å². The molecule has 32 heavy (non-hydrogen) atoms. The van der Waals surface area contributed by atoms with Crippen LogP contribution in [-0.2, 0) is 24.3 Å². The molecule has 1 amide bonds. The van der Waals surface area contributed by atoms with E-state index >= 15 is 0 Å². The van der Waals surface area contributed by atoms with E-state index in [0.717, 1.165) is 72.9 Å². The smallest absolute Gasteiger partial charge is 0.256 e. The molecule has 1 aromatic heterocycles. The largest absolute Gasteiger partial charge is 0.490 e. The molecule has 0 bridgehead atoms. The molecule has 0 saturated carbocycles. The summed E-state index contributed by atoms with van der Waals surface area (Å²) in [5, 5.41) is 9.25. The SMILES string of the molecule is Cc1c(N2CCC(Oc3ccc4c(c3)CCOC4)CC2)nc2c(c1C)C(=O)N(CCO)C2. The van der Waals surface area contributed by atoms with Gasteiger partial charge < -0.3 is 24.4 Å². The van der Waals surface area contributed by atoms with Crippen molar-refractivity contribution in [2.24, 2.45) is 0 Å². The molecule has 1 N–H and O–H groups in total. The molecular formula is C25H31N3O4. The Labute approximate surface area is 189 Å². The first-order valence-corrected chi connectivity index (χ1v) is 11.6. The second kappa shape index (κ2) is 8.71. The van der Waals surface area contributed by atoms with Crippen LogP contribution >= 0.6 is 0 Å². The summed E-state index contributed by atoms with van der Waals surface area (Å²) in [5.41, 5.74) is 6.23. The molecular weight excluding hydrogens is 406 g/mol. The van der Waals surface area contributed by atoms with Gasteiger partial charge in [-0.05, 0) is 54.7 Å². The highest BCUT2D eigenvalue weighted by Gasteiger charge is 2.33. The fourth-order valence-corrected chi connectivity index (χ4v) is 5.05. The number of fused-ring (bicyclic) bond motifs is 2. The Morgan fingerprint density at radius 1 is 1.19 bits per heavy atom. The van der Waals surface area contributed by atoms with Crippen LogP contribution in [0, 0.1) is 13.8 Å². The number of aromatic nitrogens is 1. The molecule has 2 aromatic rings. The summed E-state index contributed by atoms with van der Waals surface area (Å²) in [6.07, 6.45) is 3.02. The number of amides is 1. The number of benzene rings is 1. The quantitative estimate of drug-likeness (QED) is 0.775. The number of rotatable bonds is 5. The third kappa shape index (κ3) is 3.84. The van der Waals surface area contributed by atoms with Gasteiger partial charge in [-0.1, -0.05) is 6.07 Å². The fourth-order valence-electron chi connectivity index (χ4n) is 5.05. The maximum Gasteiger partial charge on any atom is 0.256 e. The Kier molecular flexibility index (Phi) is 5.78. The number of carbonyl (C=O) groups is 1. The van der Waals surface area contributed by atoms with Gasteiger partial charge >= 0.3 is 0 Å². The van der Waals surface area contributed by atoms with Crippen LogP contribution in [0.1, 0.15) is 51.1 Å². The highest BCUT2D eigenvalue weighted by molar-refractivity contribution is 6.00. The topological polar surface area (TPSA) is 75.1 Å². The van der Waals surface area contributed by atoms with Gasteiger partial charge in [-0.2, -0.15) is 0 Å². The molecule has 1 aromatic carbocycles. The zero-order valence-corrected chi connectivity index (χ0v) is 18.9. The third-order valence-electron chi connectivity index (χ3n) is 7.01. The highest BCUT2D eigenvalue weighted by Crippen LogP contribution is 2.33. The maximum absolute atomic E-state index is 12.7. The molecule has 1 fully saturated rings.